The maximum atomic E-state index is 12.6. The highest BCUT2D eigenvalue weighted by atomic mass is 16.5. The van der Waals surface area contributed by atoms with E-state index in [0.717, 1.165) is 0 Å². The quantitative estimate of drug-likeness (QED) is 0.649. The van der Waals surface area contributed by atoms with E-state index in [4.69, 9.17) is 14.0 Å². The largest absolute Gasteiger partial charge is 0.497 e. The highest BCUT2D eigenvalue weighted by Gasteiger charge is 2.29. The predicted molar refractivity (Wildman–Crippen MR) is 105 cm³/mol. The summed E-state index contributed by atoms with van der Waals surface area (Å²) in [6, 6.07) is 7.10. The number of aromatic nitrogens is 1. The van der Waals surface area contributed by atoms with Gasteiger partial charge in [0.1, 0.15) is 17.6 Å². The third-order valence-corrected chi connectivity index (χ3v) is 4.10. The topological polar surface area (TPSA) is 120 Å². The van der Waals surface area contributed by atoms with Crippen LogP contribution in [0.4, 0.5) is 5.82 Å². The Labute approximate surface area is 168 Å². The second kappa shape index (κ2) is 9.72. The zero-order valence-corrected chi connectivity index (χ0v) is 17.0. The monoisotopic (exact) mass is 403 g/mol. The minimum Gasteiger partial charge on any atom is -0.497 e. The number of carbonyl (C=O) groups excluding carboxylic acids is 3. The van der Waals surface area contributed by atoms with E-state index in [-0.39, 0.29) is 11.7 Å². The van der Waals surface area contributed by atoms with Crippen LogP contribution in [0, 0.1) is 12.8 Å². The normalized spacial score (nSPS) is 12.8. The molecular weight excluding hydrogens is 378 g/mol. The van der Waals surface area contributed by atoms with Crippen molar-refractivity contribution in [2.24, 2.45) is 5.92 Å². The third-order valence-electron chi connectivity index (χ3n) is 4.10. The van der Waals surface area contributed by atoms with Crippen LogP contribution in [0.15, 0.2) is 34.9 Å². The lowest BCUT2D eigenvalue weighted by molar-refractivity contribution is -0.156. The molecule has 9 heteroatoms. The Bertz CT molecular complexity index is 859. The Morgan fingerprint density at radius 3 is 2.28 bits per heavy atom. The van der Waals surface area contributed by atoms with Gasteiger partial charge in [0.25, 0.3) is 11.8 Å². The molecule has 1 aromatic heterocycles. The minimum absolute atomic E-state index is 0.226. The first kappa shape index (κ1) is 21.9. The summed E-state index contributed by atoms with van der Waals surface area (Å²) in [7, 11) is 1.53. The summed E-state index contributed by atoms with van der Waals surface area (Å²) in [6.07, 6.45) is -1.08. The van der Waals surface area contributed by atoms with E-state index in [1.807, 2.05) is 0 Å². The molecule has 29 heavy (non-hydrogen) atoms. The van der Waals surface area contributed by atoms with Crippen molar-refractivity contribution in [2.75, 3.05) is 12.4 Å². The maximum absolute atomic E-state index is 12.6. The second-order valence-electron chi connectivity index (χ2n) is 6.81. The van der Waals surface area contributed by atoms with Gasteiger partial charge in [-0.15, -0.1) is 0 Å². The van der Waals surface area contributed by atoms with E-state index in [9.17, 15) is 14.4 Å². The van der Waals surface area contributed by atoms with Gasteiger partial charge in [-0.05, 0) is 44.0 Å². The molecule has 0 fully saturated rings. The van der Waals surface area contributed by atoms with Gasteiger partial charge < -0.3 is 24.6 Å². The molecule has 2 amide bonds. The number of anilines is 1. The van der Waals surface area contributed by atoms with E-state index >= 15 is 0 Å². The molecule has 1 aromatic carbocycles. The first-order valence-corrected chi connectivity index (χ1v) is 9.11. The minimum atomic E-state index is -1.08. The number of methoxy groups -OCH3 is 1. The summed E-state index contributed by atoms with van der Waals surface area (Å²) in [5, 5.41) is 8.80. The van der Waals surface area contributed by atoms with Crippen LogP contribution >= 0.6 is 0 Å². The second-order valence-corrected chi connectivity index (χ2v) is 6.81. The van der Waals surface area contributed by atoms with E-state index in [1.165, 1.54) is 14.0 Å². The first-order valence-electron chi connectivity index (χ1n) is 9.11. The maximum Gasteiger partial charge on any atom is 0.329 e. The van der Waals surface area contributed by atoms with Crippen molar-refractivity contribution >= 4 is 23.6 Å². The third kappa shape index (κ3) is 6.06. The molecule has 2 N–H and O–H groups in total. The Balaban J connectivity index is 1.98. The number of aryl methyl sites for hydroxylation is 1. The predicted octanol–water partition coefficient (Wildman–Crippen LogP) is 2.32. The van der Waals surface area contributed by atoms with Gasteiger partial charge in [-0.25, -0.2) is 4.79 Å². The summed E-state index contributed by atoms with van der Waals surface area (Å²) in [5.74, 6) is -0.577. The molecule has 0 aliphatic heterocycles. The van der Waals surface area contributed by atoms with Crippen LogP contribution < -0.4 is 15.4 Å². The average Bonchev–Trinajstić information content (AvgIpc) is 3.10. The Morgan fingerprint density at radius 2 is 1.76 bits per heavy atom. The van der Waals surface area contributed by atoms with Crippen molar-refractivity contribution in [2.45, 2.75) is 39.8 Å². The van der Waals surface area contributed by atoms with E-state index in [0.29, 0.717) is 17.1 Å². The lowest BCUT2D eigenvalue weighted by Gasteiger charge is -2.22. The fourth-order valence-electron chi connectivity index (χ4n) is 2.42. The van der Waals surface area contributed by atoms with Crippen LogP contribution in [0.25, 0.3) is 0 Å². The molecule has 0 radical (unpaired) electrons. The molecule has 156 valence electrons. The van der Waals surface area contributed by atoms with Gasteiger partial charge in [-0.3, -0.25) is 9.59 Å². The van der Waals surface area contributed by atoms with Gasteiger partial charge in [0, 0.05) is 11.6 Å². The lowest BCUT2D eigenvalue weighted by atomic mass is 10.0. The zero-order chi connectivity index (χ0) is 21.6. The standard InChI is InChI=1S/C20H25N3O6/c1-11(2)17(22-19(25)14-6-8-15(27-5)9-7-14)20(26)28-13(4)18(24)21-16-10-12(3)29-23-16/h6-11,13,17H,1-5H3,(H,22,25)(H,21,23,24)/t13-,17+/m1/s1. The molecule has 2 rings (SSSR count). The highest BCUT2D eigenvalue weighted by molar-refractivity contribution is 5.98. The molecule has 0 spiro atoms. The Hall–Kier alpha value is -3.36. The van der Waals surface area contributed by atoms with Gasteiger partial charge in [0.15, 0.2) is 11.9 Å². The number of nitrogens with zero attached hydrogens (tertiary/aromatic N) is 1. The number of esters is 1. The molecule has 1 heterocycles. The fraction of sp³-hybridized carbons (Fsp3) is 0.400. The number of amides is 2. The number of hydrogen-bond donors (Lipinski definition) is 2. The molecule has 0 unspecified atom stereocenters. The molecule has 0 aliphatic rings. The number of carbonyl (C=O) groups is 3. The van der Waals surface area contributed by atoms with Crippen molar-refractivity contribution in [1.82, 2.24) is 10.5 Å². The highest BCUT2D eigenvalue weighted by Crippen LogP contribution is 2.13. The van der Waals surface area contributed by atoms with Gasteiger partial charge in [0.05, 0.1) is 7.11 Å². The van der Waals surface area contributed by atoms with Crippen molar-refractivity contribution in [1.29, 1.82) is 0 Å². The summed E-state index contributed by atoms with van der Waals surface area (Å²) < 4.78 is 15.2. The average molecular weight is 403 g/mol. The zero-order valence-electron chi connectivity index (χ0n) is 17.0. The van der Waals surface area contributed by atoms with Crippen molar-refractivity contribution in [3.63, 3.8) is 0 Å². The van der Waals surface area contributed by atoms with Crippen molar-refractivity contribution < 1.29 is 28.4 Å². The summed E-state index contributed by atoms with van der Waals surface area (Å²) >= 11 is 0. The molecule has 0 aliphatic carbocycles. The number of ether oxygens (including phenoxy) is 2. The fourth-order valence-corrected chi connectivity index (χ4v) is 2.42. The number of hydrogen-bond acceptors (Lipinski definition) is 7. The van der Waals surface area contributed by atoms with Crippen LogP contribution in [0.1, 0.15) is 36.9 Å². The number of rotatable bonds is 8. The lowest BCUT2D eigenvalue weighted by Crippen LogP contribution is -2.47. The van der Waals surface area contributed by atoms with E-state index in [1.54, 1.807) is 51.1 Å². The van der Waals surface area contributed by atoms with Crippen molar-refractivity contribution in [3.8, 4) is 5.75 Å². The Kier molecular flexibility index (Phi) is 7.35. The first-order chi connectivity index (χ1) is 13.7. The Morgan fingerprint density at radius 1 is 1.10 bits per heavy atom. The molecule has 2 aromatic rings. The molecule has 9 nitrogen and oxygen atoms in total. The molecular formula is C20H25N3O6. The van der Waals surface area contributed by atoms with Gasteiger partial charge in [-0.2, -0.15) is 0 Å². The SMILES string of the molecule is COc1ccc(C(=O)N[C@H](C(=O)O[C@H](C)C(=O)Nc2cc(C)on2)C(C)C)cc1. The molecule has 2 atom stereocenters. The van der Waals surface area contributed by atoms with Gasteiger partial charge in [-0.1, -0.05) is 19.0 Å². The smallest absolute Gasteiger partial charge is 0.329 e. The number of benzene rings is 1. The number of nitrogens with one attached hydrogen (secondary N) is 2. The summed E-state index contributed by atoms with van der Waals surface area (Å²) in [5.41, 5.74) is 0.372. The van der Waals surface area contributed by atoms with E-state index < -0.39 is 29.9 Å². The van der Waals surface area contributed by atoms with Crippen molar-refractivity contribution in [3.05, 3.63) is 41.7 Å². The van der Waals surface area contributed by atoms with Crippen LogP contribution in [0.5, 0.6) is 5.75 Å². The molecule has 0 saturated carbocycles. The summed E-state index contributed by atoms with van der Waals surface area (Å²) in [6.45, 7) is 6.65. The van der Waals surface area contributed by atoms with Gasteiger partial charge in [0.2, 0.25) is 0 Å². The van der Waals surface area contributed by atoms with Crippen LogP contribution in [0.3, 0.4) is 0 Å². The molecule has 0 bridgehead atoms. The van der Waals surface area contributed by atoms with Crippen LogP contribution in [0.2, 0.25) is 0 Å². The van der Waals surface area contributed by atoms with E-state index in [2.05, 4.69) is 15.8 Å². The van der Waals surface area contributed by atoms with Crippen LogP contribution in [-0.2, 0) is 14.3 Å². The van der Waals surface area contributed by atoms with Crippen LogP contribution in [-0.4, -0.2) is 42.2 Å². The molecule has 0 saturated heterocycles. The summed E-state index contributed by atoms with van der Waals surface area (Å²) in [4.78, 5) is 37.2. The van der Waals surface area contributed by atoms with Gasteiger partial charge >= 0.3 is 5.97 Å².